The van der Waals surface area contributed by atoms with Crippen LogP contribution in [0.1, 0.15) is 23.1 Å². The summed E-state index contributed by atoms with van der Waals surface area (Å²) in [5.74, 6) is 1.00. The van der Waals surface area contributed by atoms with Gasteiger partial charge in [-0.1, -0.05) is 12.1 Å². The van der Waals surface area contributed by atoms with Crippen molar-refractivity contribution in [1.82, 2.24) is 19.3 Å². The van der Waals surface area contributed by atoms with Crippen LogP contribution >= 0.6 is 0 Å². The molecule has 0 saturated carbocycles. The van der Waals surface area contributed by atoms with Crippen molar-refractivity contribution >= 4 is 11.0 Å². The Balaban J connectivity index is 1.93. The monoisotopic (exact) mass is 269 g/mol. The number of benzene rings is 1. The van der Waals surface area contributed by atoms with E-state index in [1.807, 2.05) is 50.1 Å². The Bertz CT molecular complexity index is 753. The standard InChI is InChI=1S/C15H19N5/c1-10-11(9-17-20(10)3)12(16)8-15-18-13-6-4-5-7-14(13)19(15)2/h4-7,9,12H,8,16H2,1-3H3. The smallest absolute Gasteiger partial charge is 0.111 e. The first-order valence-corrected chi connectivity index (χ1v) is 6.72. The molecule has 0 fully saturated rings. The molecule has 0 aliphatic heterocycles. The molecule has 0 bridgehead atoms. The second kappa shape index (κ2) is 4.76. The van der Waals surface area contributed by atoms with Gasteiger partial charge in [0.2, 0.25) is 0 Å². The second-order valence-electron chi connectivity index (χ2n) is 5.20. The van der Waals surface area contributed by atoms with Gasteiger partial charge in [0, 0.05) is 37.8 Å². The zero-order valence-electron chi connectivity index (χ0n) is 12.0. The number of fused-ring (bicyclic) bond motifs is 1. The van der Waals surface area contributed by atoms with Crippen molar-refractivity contribution in [3.63, 3.8) is 0 Å². The lowest BCUT2D eigenvalue weighted by Gasteiger charge is -2.11. The third-order valence-electron chi connectivity index (χ3n) is 3.95. The van der Waals surface area contributed by atoms with E-state index < -0.39 is 0 Å². The Labute approximate surface area is 118 Å². The summed E-state index contributed by atoms with van der Waals surface area (Å²) < 4.78 is 3.96. The summed E-state index contributed by atoms with van der Waals surface area (Å²) in [5, 5.41) is 4.25. The maximum atomic E-state index is 6.33. The molecule has 5 heteroatoms. The first kappa shape index (κ1) is 12.9. The molecule has 1 unspecified atom stereocenters. The van der Waals surface area contributed by atoms with E-state index in [-0.39, 0.29) is 6.04 Å². The highest BCUT2D eigenvalue weighted by Gasteiger charge is 2.16. The molecule has 0 aliphatic carbocycles. The maximum absolute atomic E-state index is 6.33. The van der Waals surface area contributed by atoms with Crippen LogP contribution in [0.2, 0.25) is 0 Å². The van der Waals surface area contributed by atoms with Crippen LogP contribution in [-0.4, -0.2) is 19.3 Å². The molecule has 104 valence electrons. The highest BCUT2D eigenvalue weighted by Crippen LogP contribution is 2.21. The second-order valence-corrected chi connectivity index (χ2v) is 5.20. The van der Waals surface area contributed by atoms with Gasteiger partial charge in [0.05, 0.1) is 17.2 Å². The van der Waals surface area contributed by atoms with Gasteiger partial charge in [-0.15, -0.1) is 0 Å². The number of rotatable bonds is 3. The van der Waals surface area contributed by atoms with Gasteiger partial charge in [0.15, 0.2) is 0 Å². The van der Waals surface area contributed by atoms with Crippen molar-refractivity contribution in [2.75, 3.05) is 0 Å². The van der Waals surface area contributed by atoms with Gasteiger partial charge < -0.3 is 10.3 Å². The van der Waals surface area contributed by atoms with Gasteiger partial charge in [-0.05, 0) is 19.1 Å². The summed E-state index contributed by atoms with van der Waals surface area (Å²) in [6, 6.07) is 8.05. The topological polar surface area (TPSA) is 61.7 Å². The Morgan fingerprint density at radius 3 is 2.65 bits per heavy atom. The first-order chi connectivity index (χ1) is 9.58. The average molecular weight is 269 g/mol. The summed E-state index contributed by atoms with van der Waals surface area (Å²) in [4.78, 5) is 4.67. The van der Waals surface area contributed by atoms with Gasteiger partial charge in [0.1, 0.15) is 5.82 Å². The molecular weight excluding hydrogens is 250 g/mol. The predicted molar refractivity (Wildman–Crippen MR) is 79.3 cm³/mol. The van der Waals surface area contributed by atoms with E-state index in [4.69, 9.17) is 5.73 Å². The van der Waals surface area contributed by atoms with Crippen LogP contribution in [0.4, 0.5) is 0 Å². The van der Waals surface area contributed by atoms with Crippen molar-refractivity contribution in [1.29, 1.82) is 0 Å². The van der Waals surface area contributed by atoms with Gasteiger partial charge in [0.25, 0.3) is 0 Å². The lowest BCUT2D eigenvalue weighted by molar-refractivity contribution is 0.657. The molecule has 1 atom stereocenters. The summed E-state index contributed by atoms with van der Waals surface area (Å²) in [7, 11) is 3.97. The lowest BCUT2D eigenvalue weighted by Crippen LogP contribution is -2.16. The van der Waals surface area contributed by atoms with Gasteiger partial charge in [-0.2, -0.15) is 5.10 Å². The number of hydrogen-bond donors (Lipinski definition) is 1. The molecule has 5 nitrogen and oxygen atoms in total. The number of aryl methyl sites for hydroxylation is 2. The molecule has 0 aliphatic rings. The molecule has 1 aromatic carbocycles. The molecule has 3 rings (SSSR count). The Morgan fingerprint density at radius 1 is 1.25 bits per heavy atom. The van der Waals surface area contributed by atoms with Crippen LogP contribution in [0, 0.1) is 6.92 Å². The quantitative estimate of drug-likeness (QED) is 0.789. The normalized spacial score (nSPS) is 13.0. The van der Waals surface area contributed by atoms with Crippen LogP contribution in [0.15, 0.2) is 30.5 Å². The summed E-state index contributed by atoms with van der Waals surface area (Å²) in [5.41, 5.74) is 10.7. The Hall–Kier alpha value is -2.14. The van der Waals surface area contributed by atoms with Crippen molar-refractivity contribution in [2.24, 2.45) is 19.8 Å². The van der Waals surface area contributed by atoms with E-state index in [1.165, 1.54) is 0 Å². The molecule has 2 heterocycles. The van der Waals surface area contributed by atoms with Crippen LogP contribution in [-0.2, 0) is 20.5 Å². The molecule has 0 radical (unpaired) electrons. The molecule has 0 saturated heterocycles. The molecule has 0 spiro atoms. The molecule has 2 aromatic heterocycles. The largest absolute Gasteiger partial charge is 0.331 e. The highest BCUT2D eigenvalue weighted by molar-refractivity contribution is 5.75. The van der Waals surface area contributed by atoms with Crippen LogP contribution < -0.4 is 5.73 Å². The van der Waals surface area contributed by atoms with E-state index >= 15 is 0 Å². The molecule has 0 amide bonds. The fraction of sp³-hybridized carbons (Fsp3) is 0.333. The van der Waals surface area contributed by atoms with E-state index in [0.717, 1.165) is 28.1 Å². The van der Waals surface area contributed by atoms with E-state index in [0.29, 0.717) is 6.42 Å². The van der Waals surface area contributed by atoms with E-state index in [1.54, 1.807) is 0 Å². The molecule has 2 N–H and O–H groups in total. The number of hydrogen-bond acceptors (Lipinski definition) is 3. The van der Waals surface area contributed by atoms with Gasteiger partial charge >= 0.3 is 0 Å². The molecule has 3 aromatic rings. The SMILES string of the molecule is Cc1c(C(N)Cc2nc3ccccc3n2C)cnn1C. The van der Waals surface area contributed by atoms with Crippen LogP contribution in [0.3, 0.4) is 0 Å². The van der Waals surface area contributed by atoms with Crippen molar-refractivity contribution in [3.05, 3.63) is 47.5 Å². The Morgan fingerprint density at radius 2 is 2.00 bits per heavy atom. The molecule has 20 heavy (non-hydrogen) atoms. The summed E-state index contributed by atoms with van der Waals surface area (Å²) in [6.07, 6.45) is 2.56. The number of aromatic nitrogens is 4. The average Bonchev–Trinajstić information content (AvgIpc) is 2.93. The van der Waals surface area contributed by atoms with Gasteiger partial charge in [-0.25, -0.2) is 4.98 Å². The predicted octanol–water partition coefficient (Wildman–Crippen LogP) is 1.86. The highest BCUT2D eigenvalue weighted by atomic mass is 15.3. The zero-order chi connectivity index (χ0) is 14.3. The van der Waals surface area contributed by atoms with E-state index in [2.05, 4.69) is 20.7 Å². The van der Waals surface area contributed by atoms with Crippen LogP contribution in [0.25, 0.3) is 11.0 Å². The Kier molecular flexibility index (Phi) is 3.06. The van der Waals surface area contributed by atoms with Crippen molar-refractivity contribution in [3.8, 4) is 0 Å². The number of para-hydroxylation sites is 2. The maximum Gasteiger partial charge on any atom is 0.111 e. The number of nitrogens with zero attached hydrogens (tertiary/aromatic N) is 4. The van der Waals surface area contributed by atoms with Crippen LogP contribution in [0.5, 0.6) is 0 Å². The minimum absolute atomic E-state index is 0.0841. The van der Waals surface area contributed by atoms with Crippen molar-refractivity contribution in [2.45, 2.75) is 19.4 Å². The fourth-order valence-electron chi connectivity index (χ4n) is 2.56. The minimum atomic E-state index is -0.0841. The number of imidazole rings is 1. The fourth-order valence-corrected chi connectivity index (χ4v) is 2.56. The molecular formula is C15H19N5. The first-order valence-electron chi connectivity index (χ1n) is 6.72. The summed E-state index contributed by atoms with van der Waals surface area (Å²) in [6.45, 7) is 2.04. The summed E-state index contributed by atoms with van der Waals surface area (Å²) >= 11 is 0. The third kappa shape index (κ3) is 2.00. The van der Waals surface area contributed by atoms with Crippen molar-refractivity contribution < 1.29 is 0 Å². The zero-order valence-corrected chi connectivity index (χ0v) is 12.0. The minimum Gasteiger partial charge on any atom is -0.331 e. The van der Waals surface area contributed by atoms with E-state index in [9.17, 15) is 0 Å². The lowest BCUT2D eigenvalue weighted by atomic mass is 10.1. The third-order valence-corrected chi connectivity index (χ3v) is 3.95. The number of nitrogens with two attached hydrogens (primary N) is 1. The van der Waals surface area contributed by atoms with Gasteiger partial charge in [-0.3, -0.25) is 4.68 Å².